The monoisotopic (exact) mass is 364 g/mol. The molecule has 3 heteroatoms. The highest BCUT2D eigenvalue weighted by molar-refractivity contribution is 5.89. The van der Waals surface area contributed by atoms with E-state index in [1.165, 1.54) is 19.3 Å². The Balaban J connectivity index is 1.92. The van der Waals surface area contributed by atoms with Crippen molar-refractivity contribution in [3.63, 3.8) is 0 Å². The summed E-state index contributed by atoms with van der Waals surface area (Å²) < 4.78 is 11.0. The Kier molecular flexibility index (Phi) is 8.45. The highest BCUT2D eigenvalue weighted by Gasteiger charge is 2.05. The minimum Gasteiger partial charge on any atom is -0.494 e. The minimum absolute atomic E-state index is 0.233. The zero-order valence-corrected chi connectivity index (χ0v) is 16.5. The highest BCUT2D eigenvalue weighted by Crippen LogP contribution is 2.21. The lowest BCUT2D eigenvalue weighted by molar-refractivity contribution is -0.137. The fraction of sp³-hybridized carbons (Fsp3) is 0.375. The number of unbranched alkanes of at least 4 members (excludes halogenated alkanes) is 3. The summed E-state index contributed by atoms with van der Waals surface area (Å²) in [6.45, 7) is 7.13. The number of esters is 1. The van der Waals surface area contributed by atoms with Crippen LogP contribution in [0.1, 0.15) is 54.9 Å². The average molecular weight is 364 g/mol. The maximum atomic E-state index is 11.9. The second kappa shape index (κ2) is 11.1. The van der Waals surface area contributed by atoms with E-state index in [4.69, 9.17) is 9.47 Å². The van der Waals surface area contributed by atoms with Gasteiger partial charge in [-0.15, -0.1) is 0 Å². The molecule has 0 unspecified atom stereocenters. The third-order valence-electron chi connectivity index (χ3n) is 4.28. The van der Waals surface area contributed by atoms with E-state index < -0.39 is 5.97 Å². The average Bonchev–Trinajstić information content (AvgIpc) is 2.66. The molecule has 0 amide bonds. The topological polar surface area (TPSA) is 35.5 Å². The first-order valence-electron chi connectivity index (χ1n) is 9.57. The molecule has 2 aromatic rings. The first-order chi connectivity index (χ1) is 13.1. The van der Waals surface area contributed by atoms with Crippen molar-refractivity contribution in [3.05, 3.63) is 64.7 Å². The zero-order valence-electron chi connectivity index (χ0n) is 16.5. The maximum Gasteiger partial charge on any atom is 0.385 e. The number of hydrogen-bond donors (Lipinski definition) is 0. The van der Waals surface area contributed by atoms with Crippen LogP contribution in [0.15, 0.2) is 42.5 Å². The Morgan fingerprint density at radius 1 is 1.00 bits per heavy atom. The van der Waals surface area contributed by atoms with Crippen LogP contribution in [-0.2, 0) is 16.1 Å². The predicted molar refractivity (Wildman–Crippen MR) is 109 cm³/mol. The van der Waals surface area contributed by atoms with Crippen LogP contribution in [0.4, 0.5) is 0 Å². The van der Waals surface area contributed by atoms with Crippen molar-refractivity contribution in [3.8, 4) is 17.6 Å². The molecule has 2 rings (SSSR count). The number of aryl methyl sites for hydroxylation is 2. The van der Waals surface area contributed by atoms with Crippen molar-refractivity contribution in [2.45, 2.75) is 53.1 Å². The van der Waals surface area contributed by atoms with Crippen LogP contribution < -0.4 is 4.74 Å². The van der Waals surface area contributed by atoms with Gasteiger partial charge in [-0.1, -0.05) is 62.4 Å². The van der Waals surface area contributed by atoms with Crippen molar-refractivity contribution >= 4 is 5.97 Å². The van der Waals surface area contributed by atoms with Crippen LogP contribution in [-0.4, -0.2) is 12.6 Å². The summed E-state index contributed by atoms with van der Waals surface area (Å²) in [5.41, 5.74) is 3.80. The van der Waals surface area contributed by atoms with E-state index in [1.54, 1.807) is 0 Å². The van der Waals surface area contributed by atoms with Gasteiger partial charge >= 0.3 is 5.97 Å². The molecule has 0 N–H and O–H groups in total. The first-order valence-corrected chi connectivity index (χ1v) is 9.57. The second-order valence-corrected chi connectivity index (χ2v) is 6.65. The van der Waals surface area contributed by atoms with Gasteiger partial charge in [-0.2, -0.15) is 0 Å². The molecule has 0 aliphatic rings. The Morgan fingerprint density at radius 2 is 1.70 bits per heavy atom. The predicted octanol–water partition coefficient (Wildman–Crippen LogP) is 5.36. The molecule has 0 aliphatic carbocycles. The summed E-state index contributed by atoms with van der Waals surface area (Å²) in [5, 5.41) is 0. The Morgan fingerprint density at radius 3 is 2.37 bits per heavy atom. The van der Waals surface area contributed by atoms with Crippen molar-refractivity contribution < 1.29 is 14.3 Å². The van der Waals surface area contributed by atoms with E-state index in [1.807, 2.05) is 56.3 Å². The first kappa shape index (κ1) is 20.6. The molecule has 0 heterocycles. The quantitative estimate of drug-likeness (QED) is 0.359. The standard InChI is InChI=1S/C24H28O3/c1-4-5-6-10-15-26-22-16-19(2)23(20(3)17-22)13-14-24(25)27-18-21-11-8-7-9-12-21/h7-9,11-12,16-17H,4-6,10,15,18H2,1-3H3. The van der Waals surface area contributed by atoms with Crippen LogP contribution in [0, 0.1) is 25.7 Å². The van der Waals surface area contributed by atoms with Crippen molar-refractivity contribution in [2.75, 3.05) is 6.61 Å². The number of ether oxygens (including phenoxy) is 2. The molecule has 27 heavy (non-hydrogen) atoms. The molecule has 0 aliphatic heterocycles. The van der Waals surface area contributed by atoms with Gasteiger partial charge < -0.3 is 9.47 Å². The van der Waals surface area contributed by atoms with Crippen LogP contribution in [0.5, 0.6) is 5.75 Å². The number of hydrogen-bond acceptors (Lipinski definition) is 3. The van der Waals surface area contributed by atoms with Gasteiger partial charge in [-0.25, -0.2) is 4.79 Å². The van der Waals surface area contributed by atoms with E-state index in [2.05, 4.69) is 18.8 Å². The molecule has 0 saturated heterocycles. The molecule has 0 bridgehead atoms. The summed E-state index contributed by atoms with van der Waals surface area (Å²) in [5.74, 6) is 5.87. The van der Waals surface area contributed by atoms with Gasteiger partial charge in [0, 0.05) is 11.5 Å². The summed E-state index contributed by atoms with van der Waals surface area (Å²) in [6, 6.07) is 13.5. The van der Waals surface area contributed by atoms with E-state index in [9.17, 15) is 4.79 Å². The van der Waals surface area contributed by atoms with Gasteiger partial charge in [0.2, 0.25) is 0 Å². The number of carbonyl (C=O) groups excluding carboxylic acids is 1. The lowest BCUT2D eigenvalue weighted by Crippen LogP contribution is -2.02. The molecule has 2 aromatic carbocycles. The molecule has 0 saturated carbocycles. The molecule has 0 atom stereocenters. The molecular weight excluding hydrogens is 336 g/mol. The number of rotatable bonds is 8. The molecule has 0 aromatic heterocycles. The van der Waals surface area contributed by atoms with E-state index in [0.717, 1.165) is 41.0 Å². The van der Waals surface area contributed by atoms with Gasteiger partial charge in [-0.3, -0.25) is 0 Å². The summed E-state index contributed by atoms with van der Waals surface area (Å²) in [4.78, 5) is 11.9. The second-order valence-electron chi connectivity index (χ2n) is 6.65. The molecular formula is C24H28O3. The Labute approximate surface area is 162 Å². The molecule has 0 radical (unpaired) electrons. The van der Waals surface area contributed by atoms with Crippen molar-refractivity contribution in [2.24, 2.45) is 0 Å². The number of benzene rings is 2. The summed E-state index contributed by atoms with van der Waals surface area (Å²) in [6.07, 6.45) is 4.74. The lowest BCUT2D eigenvalue weighted by atomic mass is 10.0. The van der Waals surface area contributed by atoms with Gasteiger partial charge in [0.15, 0.2) is 0 Å². The number of carbonyl (C=O) groups is 1. The fourth-order valence-electron chi connectivity index (χ4n) is 2.80. The van der Waals surface area contributed by atoms with Crippen LogP contribution >= 0.6 is 0 Å². The van der Waals surface area contributed by atoms with Crippen LogP contribution in [0.2, 0.25) is 0 Å². The van der Waals surface area contributed by atoms with Gasteiger partial charge in [0.25, 0.3) is 0 Å². The highest BCUT2D eigenvalue weighted by atomic mass is 16.5. The van der Waals surface area contributed by atoms with Crippen LogP contribution in [0.3, 0.4) is 0 Å². The SMILES string of the molecule is CCCCCCOc1cc(C)c(C#CC(=O)OCc2ccccc2)c(C)c1. The summed E-state index contributed by atoms with van der Waals surface area (Å²) >= 11 is 0. The molecule has 3 nitrogen and oxygen atoms in total. The van der Waals surface area contributed by atoms with Crippen molar-refractivity contribution in [1.29, 1.82) is 0 Å². The fourth-order valence-corrected chi connectivity index (χ4v) is 2.80. The van der Waals surface area contributed by atoms with Gasteiger partial charge in [0.05, 0.1) is 6.61 Å². The third-order valence-corrected chi connectivity index (χ3v) is 4.28. The zero-order chi connectivity index (χ0) is 19.5. The third kappa shape index (κ3) is 7.19. The molecule has 0 fully saturated rings. The maximum absolute atomic E-state index is 11.9. The van der Waals surface area contributed by atoms with Gasteiger partial charge in [0.1, 0.15) is 12.4 Å². The van der Waals surface area contributed by atoms with E-state index >= 15 is 0 Å². The molecule has 142 valence electrons. The Hall–Kier alpha value is -2.73. The summed E-state index contributed by atoms with van der Waals surface area (Å²) in [7, 11) is 0. The normalized spacial score (nSPS) is 10.0. The van der Waals surface area contributed by atoms with Gasteiger partial charge in [-0.05, 0) is 49.1 Å². The van der Waals surface area contributed by atoms with Crippen LogP contribution in [0.25, 0.3) is 0 Å². The lowest BCUT2D eigenvalue weighted by Gasteiger charge is -2.10. The Bertz CT molecular complexity index is 774. The minimum atomic E-state index is -0.520. The largest absolute Gasteiger partial charge is 0.494 e. The van der Waals surface area contributed by atoms with Crippen molar-refractivity contribution in [1.82, 2.24) is 0 Å². The smallest absolute Gasteiger partial charge is 0.385 e. The van der Waals surface area contributed by atoms with E-state index in [-0.39, 0.29) is 6.61 Å². The molecule has 0 spiro atoms. The van der Waals surface area contributed by atoms with E-state index in [0.29, 0.717) is 0 Å².